The van der Waals surface area contributed by atoms with E-state index in [1.807, 2.05) is 25.1 Å². The van der Waals surface area contributed by atoms with Crippen LogP contribution < -0.4 is 14.8 Å². The zero-order valence-electron chi connectivity index (χ0n) is 11.4. The van der Waals surface area contributed by atoms with Crippen LogP contribution in [0.1, 0.15) is 12.5 Å². The molecule has 0 radical (unpaired) electrons. The minimum absolute atomic E-state index is 0.150. The molecular formula is C13H21NO3S. The smallest absolute Gasteiger partial charge is 0.122 e. The zero-order valence-corrected chi connectivity index (χ0v) is 12.2. The fraction of sp³-hybridized carbons (Fsp3) is 0.538. The number of methoxy groups -OCH3 is 2. The summed E-state index contributed by atoms with van der Waals surface area (Å²) in [6, 6.07) is 5.76. The van der Waals surface area contributed by atoms with E-state index >= 15 is 0 Å². The summed E-state index contributed by atoms with van der Waals surface area (Å²) in [5.41, 5.74) is 1.08. The molecule has 0 bridgehead atoms. The first-order chi connectivity index (χ1) is 8.56. The van der Waals surface area contributed by atoms with Gasteiger partial charge in [-0.3, -0.25) is 4.21 Å². The van der Waals surface area contributed by atoms with Gasteiger partial charge in [0.05, 0.1) is 14.2 Å². The lowest BCUT2D eigenvalue weighted by Crippen LogP contribution is -2.27. The van der Waals surface area contributed by atoms with Crippen molar-refractivity contribution in [2.45, 2.75) is 18.7 Å². The molecule has 0 aliphatic heterocycles. The second-order valence-electron chi connectivity index (χ2n) is 4.16. The van der Waals surface area contributed by atoms with Crippen molar-refractivity contribution in [1.29, 1.82) is 0 Å². The van der Waals surface area contributed by atoms with E-state index in [1.165, 1.54) is 0 Å². The van der Waals surface area contributed by atoms with Crippen molar-refractivity contribution in [2.75, 3.05) is 27.0 Å². The van der Waals surface area contributed by atoms with Crippen LogP contribution in [-0.2, 0) is 17.3 Å². The average Bonchev–Trinajstić information content (AvgIpc) is 2.37. The molecule has 1 aromatic rings. The summed E-state index contributed by atoms with van der Waals surface area (Å²) in [5, 5.41) is 3.43. The molecule has 0 aliphatic carbocycles. The molecule has 0 fully saturated rings. The van der Waals surface area contributed by atoms with Crippen LogP contribution in [0, 0.1) is 0 Å². The number of benzene rings is 1. The SMILES string of the molecule is COc1cc(CNCC(C)S(C)=O)cc(OC)c1. The van der Waals surface area contributed by atoms with Crippen LogP contribution in [0.4, 0.5) is 0 Å². The quantitative estimate of drug-likeness (QED) is 0.817. The van der Waals surface area contributed by atoms with E-state index in [4.69, 9.17) is 9.47 Å². The summed E-state index contributed by atoms with van der Waals surface area (Å²) in [5.74, 6) is 1.55. The van der Waals surface area contributed by atoms with Crippen LogP contribution in [0.15, 0.2) is 18.2 Å². The van der Waals surface area contributed by atoms with Crippen LogP contribution in [-0.4, -0.2) is 36.5 Å². The topological polar surface area (TPSA) is 47.6 Å². The maximum Gasteiger partial charge on any atom is 0.122 e. The fourth-order valence-electron chi connectivity index (χ4n) is 1.51. The highest BCUT2D eigenvalue weighted by Gasteiger charge is 2.06. The summed E-state index contributed by atoms with van der Waals surface area (Å²) in [7, 11) is 2.47. The number of rotatable bonds is 7. The van der Waals surface area contributed by atoms with Crippen molar-refractivity contribution in [3.63, 3.8) is 0 Å². The van der Waals surface area contributed by atoms with E-state index in [0.717, 1.165) is 23.6 Å². The second-order valence-corrected chi connectivity index (χ2v) is 5.96. The molecule has 4 nitrogen and oxygen atoms in total. The van der Waals surface area contributed by atoms with Gasteiger partial charge in [0.15, 0.2) is 0 Å². The highest BCUT2D eigenvalue weighted by Crippen LogP contribution is 2.22. The first-order valence-electron chi connectivity index (χ1n) is 5.81. The van der Waals surface area contributed by atoms with Crippen molar-refractivity contribution in [3.8, 4) is 11.5 Å². The highest BCUT2D eigenvalue weighted by atomic mass is 32.2. The van der Waals surface area contributed by atoms with Crippen molar-refractivity contribution in [1.82, 2.24) is 5.32 Å². The Morgan fingerprint density at radius 3 is 2.22 bits per heavy atom. The first-order valence-corrected chi connectivity index (χ1v) is 7.43. The summed E-state index contributed by atoms with van der Waals surface area (Å²) < 4.78 is 21.6. The number of nitrogens with one attached hydrogen (secondary N) is 1. The molecule has 0 aromatic heterocycles. The Kier molecular flexibility index (Phi) is 6.15. The van der Waals surface area contributed by atoms with E-state index < -0.39 is 10.8 Å². The van der Waals surface area contributed by atoms with Gasteiger partial charge in [0.25, 0.3) is 0 Å². The van der Waals surface area contributed by atoms with E-state index in [2.05, 4.69) is 5.32 Å². The van der Waals surface area contributed by atoms with E-state index in [9.17, 15) is 4.21 Å². The largest absolute Gasteiger partial charge is 0.497 e. The van der Waals surface area contributed by atoms with Gasteiger partial charge >= 0.3 is 0 Å². The van der Waals surface area contributed by atoms with Crippen molar-refractivity contribution >= 4 is 10.8 Å². The lowest BCUT2D eigenvalue weighted by molar-refractivity contribution is 0.393. The van der Waals surface area contributed by atoms with E-state index in [1.54, 1.807) is 20.5 Å². The van der Waals surface area contributed by atoms with Crippen LogP contribution in [0.2, 0.25) is 0 Å². The molecule has 5 heteroatoms. The van der Waals surface area contributed by atoms with Crippen LogP contribution >= 0.6 is 0 Å². The average molecular weight is 271 g/mol. The Balaban J connectivity index is 2.58. The predicted octanol–water partition coefficient (Wildman–Crippen LogP) is 1.56. The molecule has 1 N–H and O–H groups in total. The summed E-state index contributed by atoms with van der Waals surface area (Å²) in [6.45, 7) is 3.40. The molecule has 0 heterocycles. The molecule has 18 heavy (non-hydrogen) atoms. The van der Waals surface area contributed by atoms with Crippen molar-refractivity contribution in [3.05, 3.63) is 23.8 Å². The van der Waals surface area contributed by atoms with Crippen LogP contribution in [0.25, 0.3) is 0 Å². The lowest BCUT2D eigenvalue weighted by atomic mass is 10.2. The van der Waals surface area contributed by atoms with E-state index in [0.29, 0.717) is 6.54 Å². The Labute approximate surface area is 111 Å². The maximum absolute atomic E-state index is 11.2. The number of hydrogen-bond acceptors (Lipinski definition) is 4. The van der Waals surface area contributed by atoms with Gasteiger partial charge < -0.3 is 14.8 Å². The van der Waals surface area contributed by atoms with Gasteiger partial charge in [-0.05, 0) is 24.6 Å². The number of ether oxygens (including phenoxy) is 2. The van der Waals surface area contributed by atoms with Gasteiger partial charge in [-0.1, -0.05) is 0 Å². The van der Waals surface area contributed by atoms with Gasteiger partial charge in [-0.15, -0.1) is 0 Å². The normalized spacial score (nSPS) is 14.0. The third-order valence-corrected chi connectivity index (χ3v) is 4.04. The molecule has 0 aliphatic rings. The molecule has 1 rings (SSSR count). The van der Waals surface area contributed by atoms with E-state index in [-0.39, 0.29) is 5.25 Å². The van der Waals surface area contributed by atoms with Gasteiger partial charge in [0, 0.05) is 41.5 Å². The van der Waals surface area contributed by atoms with Gasteiger partial charge in [-0.25, -0.2) is 0 Å². The Hall–Kier alpha value is -1.07. The summed E-state index contributed by atoms with van der Waals surface area (Å²) >= 11 is 0. The fourth-order valence-corrected chi connectivity index (χ4v) is 1.86. The second kappa shape index (κ2) is 7.38. The molecule has 0 saturated carbocycles. The standard InChI is InChI=1S/C13H21NO3S/c1-10(18(4)15)8-14-9-11-5-12(16-2)7-13(6-11)17-3/h5-7,10,14H,8-9H2,1-4H3. The molecule has 1 aromatic carbocycles. The third kappa shape index (κ3) is 4.66. The minimum Gasteiger partial charge on any atom is -0.497 e. The van der Waals surface area contributed by atoms with Gasteiger partial charge in [-0.2, -0.15) is 0 Å². The Morgan fingerprint density at radius 2 is 1.78 bits per heavy atom. The molecular weight excluding hydrogens is 250 g/mol. The number of hydrogen-bond donors (Lipinski definition) is 1. The molecule has 0 amide bonds. The van der Waals surface area contributed by atoms with Gasteiger partial charge in [0.1, 0.15) is 11.5 Å². The van der Waals surface area contributed by atoms with Gasteiger partial charge in [0.2, 0.25) is 0 Å². The maximum atomic E-state index is 11.2. The Bertz CT molecular complexity index is 387. The molecule has 0 spiro atoms. The summed E-state index contributed by atoms with van der Waals surface area (Å²) in [6.07, 6.45) is 1.72. The molecule has 102 valence electrons. The minimum atomic E-state index is -0.792. The van der Waals surface area contributed by atoms with Crippen molar-refractivity contribution < 1.29 is 13.7 Å². The zero-order chi connectivity index (χ0) is 13.5. The monoisotopic (exact) mass is 271 g/mol. The summed E-state index contributed by atoms with van der Waals surface area (Å²) in [4.78, 5) is 0. The molecule has 2 unspecified atom stereocenters. The predicted molar refractivity (Wildman–Crippen MR) is 74.8 cm³/mol. The molecule has 2 atom stereocenters. The Morgan fingerprint density at radius 1 is 1.22 bits per heavy atom. The molecule has 0 saturated heterocycles. The first kappa shape index (κ1) is 15.0. The lowest BCUT2D eigenvalue weighted by Gasteiger charge is -2.11. The third-order valence-electron chi connectivity index (χ3n) is 2.74. The van der Waals surface area contributed by atoms with Crippen molar-refractivity contribution in [2.24, 2.45) is 0 Å². The highest BCUT2D eigenvalue weighted by molar-refractivity contribution is 7.84. The van der Waals surface area contributed by atoms with Crippen LogP contribution in [0.5, 0.6) is 11.5 Å². The van der Waals surface area contributed by atoms with Crippen LogP contribution in [0.3, 0.4) is 0 Å².